The number of hydrogen-bond acceptors (Lipinski definition) is 5. The van der Waals surface area contributed by atoms with Crippen LogP contribution in [0.25, 0.3) is 0 Å². The summed E-state index contributed by atoms with van der Waals surface area (Å²) < 4.78 is 30.0. The first-order chi connectivity index (χ1) is 10.9. The SMILES string of the molecule is CN1C[C@@H](O)[C@]2(CCN(C(=O)OCc3ccccc3)C2)S1(=O)=O. The third-order valence-corrected chi connectivity index (χ3v) is 7.29. The highest BCUT2D eigenvalue weighted by Gasteiger charge is 2.61. The lowest BCUT2D eigenvalue weighted by Gasteiger charge is -2.25. The minimum Gasteiger partial charge on any atom is -0.445 e. The van der Waals surface area contributed by atoms with Crippen molar-refractivity contribution in [2.45, 2.75) is 23.9 Å². The minimum atomic E-state index is -3.61. The van der Waals surface area contributed by atoms with Gasteiger partial charge in [-0.2, -0.15) is 0 Å². The molecule has 0 saturated carbocycles. The summed E-state index contributed by atoms with van der Waals surface area (Å²) in [6.45, 7) is 0.430. The van der Waals surface area contributed by atoms with Crippen LogP contribution in [0, 0.1) is 0 Å². The van der Waals surface area contributed by atoms with Crippen molar-refractivity contribution in [2.75, 3.05) is 26.7 Å². The molecule has 1 amide bonds. The van der Waals surface area contributed by atoms with Crippen LogP contribution in [-0.4, -0.2) is 66.4 Å². The van der Waals surface area contributed by atoms with Crippen molar-refractivity contribution in [1.29, 1.82) is 0 Å². The Balaban J connectivity index is 1.67. The number of carbonyl (C=O) groups is 1. The maximum atomic E-state index is 12.5. The van der Waals surface area contributed by atoms with Crippen molar-refractivity contribution >= 4 is 16.1 Å². The predicted octanol–water partition coefficient (Wildman–Crippen LogP) is 0.404. The minimum absolute atomic E-state index is 0.0333. The molecular formula is C15H20N2O5S. The molecule has 126 valence electrons. The number of likely N-dealkylation sites (tertiary alicyclic amines) is 1. The number of nitrogens with zero attached hydrogens (tertiary/aromatic N) is 2. The molecule has 2 aliphatic heterocycles. The molecule has 2 aliphatic rings. The number of benzene rings is 1. The van der Waals surface area contributed by atoms with Crippen molar-refractivity contribution in [3.05, 3.63) is 35.9 Å². The van der Waals surface area contributed by atoms with Gasteiger partial charge >= 0.3 is 6.09 Å². The maximum absolute atomic E-state index is 12.5. The van der Waals surface area contributed by atoms with Crippen LogP contribution in [0.15, 0.2) is 30.3 Å². The van der Waals surface area contributed by atoms with E-state index in [0.717, 1.165) is 9.87 Å². The number of sulfonamides is 1. The third kappa shape index (κ3) is 2.60. The normalized spacial score (nSPS) is 30.0. The predicted molar refractivity (Wildman–Crippen MR) is 83.1 cm³/mol. The van der Waals surface area contributed by atoms with Gasteiger partial charge < -0.3 is 14.7 Å². The van der Waals surface area contributed by atoms with Crippen LogP contribution in [0.4, 0.5) is 4.79 Å². The van der Waals surface area contributed by atoms with E-state index >= 15 is 0 Å². The molecule has 23 heavy (non-hydrogen) atoms. The number of aliphatic hydroxyl groups is 1. The van der Waals surface area contributed by atoms with E-state index in [2.05, 4.69) is 0 Å². The van der Waals surface area contributed by atoms with Gasteiger partial charge in [0.15, 0.2) is 0 Å². The Labute approximate surface area is 135 Å². The molecule has 1 aromatic rings. The van der Waals surface area contributed by atoms with Crippen LogP contribution >= 0.6 is 0 Å². The van der Waals surface area contributed by atoms with Gasteiger partial charge in [-0.1, -0.05) is 30.3 Å². The van der Waals surface area contributed by atoms with Crippen molar-refractivity contribution in [2.24, 2.45) is 0 Å². The van der Waals surface area contributed by atoms with Gasteiger partial charge in [-0.05, 0) is 12.0 Å². The highest BCUT2D eigenvalue weighted by Crippen LogP contribution is 2.40. The van der Waals surface area contributed by atoms with Crippen LogP contribution in [0.2, 0.25) is 0 Å². The lowest BCUT2D eigenvalue weighted by Crippen LogP contribution is -2.48. The van der Waals surface area contributed by atoms with E-state index in [0.29, 0.717) is 0 Å². The van der Waals surface area contributed by atoms with E-state index in [9.17, 15) is 18.3 Å². The molecule has 1 N–H and O–H groups in total. The van der Waals surface area contributed by atoms with E-state index < -0.39 is 27.0 Å². The summed E-state index contributed by atoms with van der Waals surface area (Å²) in [7, 11) is -2.17. The summed E-state index contributed by atoms with van der Waals surface area (Å²) in [6, 6.07) is 9.27. The van der Waals surface area contributed by atoms with Crippen LogP contribution in [0.5, 0.6) is 0 Å². The number of ether oxygens (including phenoxy) is 1. The van der Waals surface area contributed by atoms with Gasteiger partial charge in [-0.15, -0.1) is 0 Å². The Kier molecular flexibility index (Phi) is 4.07. The highest BCUT2D eigenvalue weighted by molar-refractivity contribution is 7.90. The maximum Gasteiger partial charge on any atom is 0.410 e. The summed E-state index contributed by atoms with van der Waals surface area (Å²) in [6.07, 6.45) is -1.33. The molecule has 7 nitrogen and oxygen atoms in total. The Hall–Kier alpha value is -1.64. The van der Waals surface area contributed by atoms with Crippen molar-refractivity contribution in [1.82, 2.24) is 9.21 Å². The lowest BCUT2D eigenvalue weighted by atomic mass is 10.0. The number of amides is 1. The molecular weight excluding hydrogens is 320 g/mol. The second-order valence-electron chi connectivity index (χ2n) is 6.08. The fourth-order valence-corrected chi connectivity index (χ4v) is 5.29. The fraction of sp³-hybridized carbons (Fsp3) is 0.533. The Bertz CT molecular complexity index is 693. The molecule has 0 unspecified atom stereocenters. The molecule has 0 radical (unpaired) electrons. The van der Waals surface area contributed by atoms with Crippen LogP contribution < -0.4 is 0 Å². The lowest BCUT2D eigenvalue weighted by molar-refractivity contribution is 0.0971. The number of rotatable bonds is 2. The van der Waals surface area contributed by atoms with Gasteiger partial charge in [-0.25, -0.2) is 17.5 Å². The number of hydrogen-bond donors (Lipinski definition) is 1. The van der Waals surface area contributed by atoms with E-state index in [1.54, 1.807) is 0 Å². The third-order valence-electron chi connectivity index (χ3n) is 4.69. The van der Waals surface area contributed by atoms with E-state index in [1.807, 2.05) is 30.3 Å². The zero-order valence-electron chi connectivity index (χ0n) is 12.9. The molecule has 2 heterocycles. The van der Waals surface area contributed by atoms with Crippen molar-refractivity contribution in [3.63, 3.8) is 0 Å². The van der Waals surface area contributed by atoms with Crippen LogP contribution in [0.3, 0.4) is 0 Å². The number of likely N-dealkylation sites (N-methyl/N-ethyl adjacent to an activating group) is 1. The quantitative estimate of drug-likeness (QED) is 0.842. The summed E-state index contributed by atoms with van der Waals surface area (Å²) in [4.78, 5) is 13.5. The van der Waals surface area contributed by atoms with Gasteiger partial charge in [0.25, 0.3) is 0 Å². The number of carbonyl (C=O) groups excluding carboxylic acids is 1. The van der Waals surface area contributed by atoms with Crippen LogP contribution in [0.1, 0.15) is 12.0 Å². The van der Waals surface area contributed by atoms with Gasteiger partial charge in [0.05, 0.1) is 6.10 Å². The second-order valence-corrected chi connectivity index (χ2v) is 8.46. The molecule has 8 heteroatoms. The molecule has 0 bridgehead atoms. The van der Waals surface area contributed by atoms with Crippen molar-refractivity contribution in [3.8, 4) is 0 Å². The van der Waals surface area contributed by atoms with Crippen molar-refractivity contribution < 1.29 is 23.1 Å². The largest absolute Gasteiger partial charge is 0.445 e. The zero-order valence-corrected chi connectivity index (χ0v) is 13.7. The Morgan fingerprint density at radius 1 is 1.39 bits per heavy atom. The summed E-state index contributed by atoms with van der Waals surface area (Å²) in [5, 5.41) is 10.2. The summed E-state index contributed by atoms with van der Waals surface area (Å²) in [5.74, 6) is 0. The van der Waals surface area contributed by atoms with Crippen LogP contribution in [-0.2, 0) is 21.4 Å². The summed E-state index contributed by atoms with van der Waals surface area (Å²) in [5.41, 5.74) is 0.864. The summed E-state index contributed by atoms with van der Waals surface area (Å²) >= 11 is 0. The first-order valence-corrected chi connectivity index (χ1v) is 8.90. The molecule has 1 spiro atoms. The molecule has 3 rings (SSSR count). The van der Waals surface area contributed by atoms with E-state index in [4.69, 9.17) is 4.74 Å². The smallest absolute Gasteiger partial charge is 0.410 e. The number of β-amino-alcohol motifs (C(OH)–C–C–N with tert-alkyl or cyclic N) is 1. The second kappa shape index (κ2) is 5.77. The Morgan fingerprint density at radius 3 is 2.70 bits per heavy atom. The molecule has 2 atom stereocenters. The molecule has 2 fully saturated rings. The number of aliphatic hydroxyl groups excluding tert-OH is 1. The topological polar surface area (TPSA) is 87.2 Å². The monoisotopic (exact) mass is 340 g/mol. The fourth-order valence-electron chi connectivity index (χ4n) is 3.24. The van der Waals surface area contributed by atoms with Gasteiger partial charge in [0.2, 0.25) is 10.0 Å². The van der Waals surface area contributed by atoms with E-state index in [1.165, 1.54) is 11.9 Å². The first kappa shape index (κ1) is 16.2. The molecule has 0 aliphatic carbocycles. The van der Waals surface area contributed by atoms with Gasteiger partial charge in [0.1, 0.15) is 11.4 Å². The zero-order chi connectivity index (χ0) is 16.7. The first-order valence-electron chi connectivity index (χ1n) is 7.46. The highest BCUT2D eigenvalue weighted by atomic mass is 32.2. The molecule has 2 saturated heterocycles. The molecule has 1 aromatic carbocycles. The van der Waals surface area contributed by atoms with E-state index in [-0.39, 0.29) is 32.7 Å². The molecule has 0 aromatic heterocycles. The van der Waals surface area contributed by atoms with Gasteiger partial charge in [-0.3, -0.25) is 0 Å². The average molecular weight is 340 g/mol. The standard InChI is InChI=1S/C15H20N2O5S/c1-16-9-13(18)15(23(16,20)21)7-8-17(11-15)14(19)22-10-12-5-3-2-4-6-12/h2-6,13,18H,7-11H2,1H3/t13-,15-/m1/s1. The Morgan fingerprint density at radius 2 is 2.09 bits per heavy atom. The average Bonchev–Trinajstić information content (AvgIpc) is 3.06. The van der Waals surface area contributed by atoms with Gasteiger partial charge in [0, 0.05) is 26.7 Å².